The molecule has 1 aromatic carbocycles. The Morgan fingerprint density at radius 2 is 1.71 bits per heavy atom. The average Bonchev–Trinajstić information content (AvgIpc) is 3.15. The second-order valence-corrected chi connectivity index (χ2v) is 9.22. The highest BCUT2D eigenvalue weighted by molar-refractivity contribution is 7.98. The van der Waals surface area contributed by atoms with Gasteiger partial charge in [-0.15, -0.1) is 11.3 Å². The molecule has 6 nitrogen and oxygen atoms in total. The summed E-state index contributed by atoms with van der Waals surface area (Å²) in [5.41, 5.74) is 17.0. The highest BCUT2D eigenvalue weighted by Crippen LogP contribution is 2.34. The number of rotatable bonds is 7. The largest absolute Gasteiger partial charge is 0.383 e. The van der Waals surface area contributed by atoms with Gasteiger partial charge in [-0.25, -0.2) is 15.0 Å². The van der Waals surface area contributed by atoms with Gasteiger partial charge in [0, 0.05) is 39.7 Å². The summed E-state index contributed by atoms with van der Waals surface area (Å²) in [6.07, 6.45) is 3.98. The number of anilines is 2. The number of benzene rings is 1. The maximum Gasteiger partial charge on any atom is 0.191 e. The summed E-state index contributed by atoms with van der Waals surface area (Å²) in [5.74, 6) is 1.44. The van der Waals surface area contributed by atoms with E-state index in [2.05, 4.69) is 52.2 Å². The fraction of sp³-hybridized carbons (Fsp3) is 0.217. The normalized spacial score (nSPS) is 11.0. The van der Waals surface area contributed by atoms with E-state index in [0.29, 0.717) is 22.5 Å². The Balaban J connectivity index is 1.60. The molecule has 4 rings (SSSR count). The third-order valence-corrected chi connectivity index (χ3v) is 6.76. The fourth-order valence-electron chi connectivity index (χ4n) is 3.17. The topological polar surface area (TPSA) is 104 Å². The maximum absolute atomic E-state index is 5.79. The molecule has 0 fully saturated rings. The highest BCUT2D eigenvalue weighted by Gasteiger charge is 2.14. The Morgan fingerprint density at radius 1 is 0.935 bits per heavy atom. The van der Waals surface area contributed by atoms with Gasteiger partial charge in [-0.1, -0.05) is 49.4 Å². The van der Waals surface area contributed by atoms with Gasteiger partial charge in [-0.3, -0.25) is 4.98 Å². The minimum atomic E-state index is 0.380. The SMILES string of the molecule is CCCc1sc(-c2cccc(-c3ccc(C)nc3)c2)nc1CSc1nc(N)cc(N)n1. The molecule has 0 saturated heterocycles. The van der Waals surface area contributed by atoms with Gasteiger partial charge in [0.2, 0.25) is 0 Å². The van der Waals surface area contributed by atoms with E-state index in [-0.39, 0.29) is 0 Å². The van der Waals surface area contributed by atoms with E-state index in [4.69, 9.17) is 16.5 Å². The van der Waals surface area contributed by atoms with Crippen molar-refractivity contribution in [1.29, 1.82) is 0 Å². The molecule has 0 radical (unpaired) electrons. The molecule has 158 valence electrons. The Morgan fingerprint density at radius 3 is 2.42 bits per heavy atom. The van der Waals surface area contributed by atoms with Crippen LogP contribution >= 0.6 is 23.1 Å². The van der Waals surface area contributed by atoms with Crippen LogP contribution in [0.1, 0.15) is 29.6 Å². The lowest BCUT2D eigenvalue weighted by atomic mass is 10.0. The lowest BCUT2D eigenvalue weighted by molar-refractivity contribution is 0.921. The van der Waals surface area contributed by atoms with Crippen LogP contribution in [0.25, 0.3) is 21.7 Å². The monoisotopic (exact) mass is 448 g/mol. The molecule has 0 amide bonds. The van der Waals surface area contributed by atoms with Crippen LogP contribution in [0.4, 0.5) is 11.6 Å². The maximum atomic E-state index is 5.79. The van der Waals surface area contributed by atoms with Crippen LogP contribution in [0.15, 0.2) is 53.8 Å². The molecule has 0 unspecified atom stereocenters. The third-order valence-electron chi connectivity index (χ3n) is 4.69. The van der Waals surface area contributed by atoms with Crippen molar-refractivity contribution in [2.75, 3.05) is 11.5 Å². The van der Waals surface area contributed by atoms with E-state index < -0.39 is 0 Å². The van der Waals surface area contributed by atoms with E-state index in [1.54, 1.807) is 17.4 Å². The number of thioether (sulfide) groups is 1. The lowest BCUT2D eigenvalue weighted by Gasteiger charge is -2.04. The zero-order chi connectivity index (χ0) is 21.8. The first-order valence-corrected chi connectivity index (χ1v) is 11.9. The Hall–Kier alpha value is -2.97. The van der Waals surface area contributed by atoms with E-state index in [1.807, 2.05) is 19.2 Å². The zero-order valence-electron chi connectivity index (χ0n) is 17.5. The molecule has 0 bridgehead atoms. The molecule has 0 aliphatic heterocycles. The van der Waals surface area contributed by atoms with Crippen LogP contribution in [0, 0.1) is 6.92 Å². The molecule has 0 saturated carbocycles. The van der Waals surface area contributed by atoms with Crippen molar-refractivity contribution in [1.82, 2.24) is 19.9 Å². The van der Waals surface area contributed by atoms with Crippen molar-refractivity contribution in [3.63, 3.8) is 0 Å². The second-order valence-electron chi connectivity index (χ2n) is 7.20. The van der Waals surface area contributed by atoms with Gasteiger partial charge in [0.25, 0.3) is 0 Å². The molecular weight excluding hydrogens is 424 g/mol. The molecule has 8 heteroatoms. The van der Waals surface area contributed by atoms with E-state index in [0.717, 1.165) is 45.9 Å². The number of pyridine rings is 1. The Bertz CT molecular complexity index is 1170. The predicted octanol–water partition coefficient (Wildman–Crippen LogP) is 5.38. The van der Waals surface area contributed by atoms with Crippen LogP contribution in [0.2, 0.25) is 0 Å². The van der Waals surface area contributed by atoms with E-state index in [9.17, 15) is 0 Å². The summed E-state index contributed by atoms with van der Waals surface area (Å²) in [6, 6.07) is 14.2. The summed E-state index contributed by atoms with van der Waals surface area (Å²) in [6.45, 7) is 4.18. The summed E-state index contributed by atoms with van der Waals surface area (Å²) in [4.78, 5) is 19.2. The third kappa shape index (κ3) is 5.21. The first kappa shape index (κ1) is 21.3. The van der Waals surface area contributed by atoms with Gasteiger partial charge >= 0.3 is 0 Å². The quantitative estimate of drug-likeness (QED) is 0.289. The van der Waals surface area contributed by atoms with Crippen molar-refractivity contribution in [2.24, 2.45) is 0 Å². The van der Waals surface area contributed by atoms with Gasteiger partial charge < -0.3 is 11.5 Å². The van der Waals surface area contributed by atoms with Crippen LogP contribution < -0.4 is 11.5 Å². The standard InChI is InChI=1S/C23H24N6S2/c1-3-5-19-18(13-30-23-28-20(24)11-21(25)29-23)27-22(31-19)16-7-4-6-15(10-16)17-9-8-14(2)26-12-17/h4,6-12H,3,5,13H2,1-2H3,(H4,24,25,28,29). The molecule has 3 aromatic heterocycles. The molecule has 0 aliphatic rings. The molecule has 4 N–H and O–H groups in total. The van der Waals surface area contributed by atoms with Gasteiger partial charge in [0.15, 0.2) is 5.16 Å². The number of aromatic nitrogens is 4. The molecule has 3 heterocycles. The number of nitrogen functional groups attached to an aromatic ring is 2. The number of nitrogens with zero attached hydrogens (tertiary/aromatic N) is 4. The van der Waals surface area contributed by atoms with Crippen molar-refractivity contribution >= 4 is 34.7 Å². The van der Waals surface area contributed by atoms with Gasteiger partial charge in [-0.05, 0) is 31.0 Å². The Kier molecular flexibility index (Phi) is 6.48. The summed E-state index contributed by atoms with van der Waals surface area (Å²) in [7, 11) is 0. The van der Waals surface area contributed by atoms with Crippen LogP contribution in [0.3, 0.4) is 0 Å². The molecule has 31 heavy (non-hydrogen) atoms. The van der Waals surface area contributed by atoms with Crippen molar-refractivity contribution < 1.29 is 0 Å². The van der Waals surface area contributed by atoms with Crippen LogP contribution in [-0.2, 0) is 12.2 Å². The van der Waals surface area contributed by atoms with Crippen molar-refractivity contribution in [3.8, 4) is 21.7 Å². The molecule has 4 aromatic rings. The minimum Gasteiger partial charge on any atom is -0.383 e. The van der Waals surface area contributed by atoms with E-state index >= 15 is 0 Å². The molecule has 0 spiro atoms. The molecular formula is C23H24N6S2. The number of thiazole rings is 1. The first-order valence-electron chi connectivity index (χ1n) is 10.1. The second kappa shape index (κ2) is 9.45. The van der Waals surface area contributed by atoms with Gasteiger partial charge in [-0.2, -0.15) is 0 Å². The molecule has 0 atom stereocenters. The zero-order valence-corrected chi connectivity index (χ0v) is 19.1. The number of hydrogen-bond donors (Lipinski definition) is 2. The summed E-state index contributed by atoms with van der Waals surface area (Å²) < 4.78 is 0. The highest BCUT2D eigenvalue weighted by atomic mass is 32.2. The predicted molar refractivity (Wildman–Crippen MR) is 130 cm³/mol. The number of nitrogens with two attached hydrogens (primary N) is 2. The van der Waals surface area contributed by atoms with Gasteiger partial charge in [0.05, 0.1) is 5.69 Å². The van der Waals surface area contributed by atoms with Crippen molar-refractivity contribution in [2.45, 2.75) is 37.6 Å². The number of aryl methyl sites for hydroxylation is 2. The van der Waals surface area contributed by atoms with E-state index in [1.165, 1.54) is 16.6 Å². The van der Waals surface area contributed by atoms with Crippen LogP contribution in [0.5, 0.6) is 0 Å². The fourth-order valence-corrected chi connectivity index (χ4v) is 5.28. The van der Waals surface area contributed by atoms with Gasteiger partial charge in [0.1, 0.15) is 16.6 Å². The first-order chi connectivity index (χ1) is 15.0. The number of hydrogen-bond acceptors (Lipinski definition) is 8. The molecule has 0 aliphatic carbocycles. The smallest absolute Gasteiger partial charge is 0.191 e. The van der Waals surface area contributed by atoms with Crippen molar-refractivity contribution in [3.05, 3.63) is 64.9 Å². The minimum absolute atomic E-state index is 0.380. The Labute approximate surface area is 190 Å². The summed E-state index contributed by atoms with van der Waals surface area (Å²) in [5, 5.41) is 1.59. The average molecular weight is 449 g/mol. The lowest BCUT2D eigenvalue weighted by Crippen LogP contribution is -1.99. The summed E-state index contributed by atoms with van der Waals surface area (Å²) >= 11 is 3.26. The van der Waals surface area contributed by atoms with Crippen LogP contribution in [-0.4, -0.2) is 19.9 Å².